The number of carbonyl (C=O) groups excluding carboxylic acids is 1. The van der Waals surface area contributed by atoms with Crippen molar-refractivity contribution in [1.82, 2.24) is 4.98 Å². The number of halogens is 1. The Hall–Kier alpha value is -1.23. The first-order valence-electron chi connectivity index (χ1n) is 4.90. The van der Waals surface area contributed by atoms with E-state index in [-0.39, 0.29) is 5.78 Å². The van der Waals surface area contributed by atoms with Gasteiger partial charge in [-0.25, -0.2) is 0 Å². The van der Waals surface area contributed by atoms with Gasteiger partial charge < -0.3 is 0 Å². The molecule has 2 rings (SSSR count). The summed E-state index contributed by atoms with van der Waals surface area (Å²) in [5.41, 5.74) is 2.12. The maximum absolute atomic E-state index is 12.1. The van der Waals surface area contributed by atoms with Crippen LogP contribution in [0.5, 0.6) is 0 Å². The van der Waals surface area contributed by atoms with Gasteiger partial charge in [0.2, 0.25) is 5.78 Å². The van der Waals surface area contributed by atoms with Crippen LogP contribution in [0.25, 0.3) is 0 Å². The number of hydrogen-bond donors (Lipinski definition) is 0. The molecule has 0 spiro atoms. The van der Waals surface area contributed by atoms with Gasteiger partial charge in [-0.3, -0.25) is 9.78 Å². The van der Waals surface area contributed by atoms with E-state index in [0.29, 0.717) is 11.3 Å². The Morgan fingerprint density at radius 3 is 2.50 bits per heavy atom. The number of ketones is 1. The van der Waals surface area contributed by atoms with Gasteiger partial charge in [-0.1, -0.05) is 6.07 Å². The number of pyridine rings is 1. The molecule has 2 aromatic rings. The monoisotopic (exact) mass is 323 g/mol. The van der Waals surface area contributed by atoms with Crippen LogP contribution in [-0.4, -0.2) is 10.8 Å². The fourth-order valence-corrected chi connectivity index (χ4v) is 1.82. The fraction of sp³-hybridized carbons (Fsp3) is 0.0769. The highest BCUT2D eigenvalue weighted by Crippen LogP contribution is 2.13. The van der Waals surface area contributed by atoms with Gasteiger partial charge in [0, 0.05) is 15.3 Å². The molecule has 1 aromatic carbocycles. The Bertz CT molecular complexity index is 520. The van der Waals surface area contributed by atoms with Crippen molar-refractivity contribution in [3.05, 3.63) is 63.0 Å². The van der Waals surface area contributed by atoms with Crippen LogP contribution in [0.4, 0.5) is 0 Å². The second-order valence-electron chi connectivity index (χ2n) is 3.50. The number of aryl methyl sites for hydroxylation is 1. The summed E-state index contributed by atoms with van der Waals surface area (Å²) < 4.78 is 1.12. The molecule has 0 unspecified atom stereocenters. The van der Waals surface area contributed by atoms with Gasteiger partial charge in [-0.2, -0.15) is 0 Å². The van der Waals surface area contributed by atoms with E-state index in [1.807, 2.05) is 43.3 Å². The maximum Gasteiger partial charge on any atom is 0.211 e. The number of rotatable bonds is 2. The third-order valence-electron chi connectivity index (χ3n) is 2.33. The largest absolute Gasteiger partial charge is 0.287 e. The zero-order chi connectivity index (χ0) is 11.5. The van der Waals surface area contributed by atoms with Crippen molar-refractivity contribution in [2.45, 2.75) is 6.92 Å². The first-order chi connectivity index (χ1) is 7.68. The predicted octanol–water partition coefficient (Wildman–Crippen LogP) is 3.23. The quantitative estimate of drug-likeness (QED) is 0.627. The Balaban J connectivity index is 2.40. The Morgan fingerprint density at radius 1 is 1.19 bits per heavy atom. The van der Waals surface area contributed by atoms with Gasteiger partial charge >= 0.3 is 0 Å². The number of aromatic nitrogens is 1. The lowest BCUT2D eigenvalue weighted by Crippen LogP contribution is -2.05. The van der Waals surface area contributed by atoms with Crippen LogP contribution in [0.3, 0.4) is 0 Å². The summed E-state index contributed by atoms with van der Waals surface area (Å²) in [6.07, 6.45) is 1.65. The van der Waals surface area contributed by atoms with Gasteiger partial charge in [0.05, 0.1) is 0 Å². The van der Waals surface area contributed by atoms with E-state index in [4.69, 9.17) is 0 Å². The van der Waals surface area contributed by atoms with Crippen molar-refractivity contribution in [3.63, 3.8) is 0 Å². The minimum atomic E-state index is -0.0190. The first-order valence-corrected chi connectivity index (χ1v) is 5.98. The minimum Gasteiger partial charge on any atom is -0.287 e. The van der Waals surface area contributed by atoms with Crippen LogP contribution in [-0.2, 0) is 0 Å². The molecule has 0 radical (unpaired) electrons. The third kappa shape index (κ3) is 2.29. The van der Waals surface area contributed by atoms with E-state index in [9.17, 15) is 4.79 Å². The molecule has 1 aromatic heterocycles. The summed E-state index contributed by atoms with van der Waals surface area (Å²) in [4.78, 5) is 16.2. The van der Waals surface area contributed by atoms with Gasteiger partial charge in [0.25, 0.3) is 0 Å². The lowest BCUT2D eigenvalue weighted by atomic mass is 10.0. The van der Waals surface area contributed by atoms with Crippen molar-refractivity contribution in [2.24, 2.45) is 0 Å². The molecule has 0 amide bonds. The lowest BCUT2D eigenvalue weighted by Gasteiger charge is -2.03. The van der Waals surface area contributed by atoms with E-state index in [1.54, 1.807) is 6.20 Å². The molecule has 1 heterocycles. The van der Waals surface area contributed by atoms with Crippen LogP contribution < -0.4 is 0 Å². The standard InChI is InChI=1S/C13H10INO/c1-9-3-2-8-15-12(9)13(16)10-4-6-11(14)7-5-10/h2-8H,1H3. The molecule has 0 saturated heterocycles. The molecule has 0 aliphatic carbocycles. The highest BCUT2D eigenvalue weighted by molar-refractivity contribution is 14.1. The van der Waals surface area contributed by atoms with Gasteiger partial charge in [-0.15, -0.1) is 0 Å². The zero-order valence-electron chi connectivity index (χ0n) is 8.77. The third-order valence-corrected chi connectivity index (χ3v) is 3.05. The normalized spacial score (nSPS) is 10.1. The molecule has 0 aliphatic heterocycles. The molecule has 0 atom stereocenters. The van der Waals surface area contributed by atoms with E-state index < -0.39 is 0 Å². The van der Waals surface area contributed by atoms with E-state index in [2.05, 4.69) is 27.6 Å². The van der Waals surface area contributed by atoms with Crippen LogP contribution >= 0.6 is 22.6 Å². The topological polar surface area (TPSA) is 30.0 Å². The number of hydrogen-bond acceptors (Lipinski definition) is 2. The summed E-state index contributed by atoms with van der Waals surface area (Å²) in [6.45, 7) is 1.90. The fourth-order valence-electron chi connectivity index (χ4n) is 1.46. The molecule has 16 heavy (non-hydrogen) atoms. The van der Waals surface area contributed by atoms with Gasteiger partial charge in [0.15, 0.2) is 0 Å². The van der Waals surface area contributed by atoms with Crippen LogP contribution in [0, 0.1) is 10.5 Å². The first kappa shape index (κ1) is 11.3. The van der Waals surface area contributed by atoms with Crippen LogP contribution in [0.2, 0.25) is 0 Å². The summed E-state index contributed by atoms with van der Waals surface area (Å²) in [6, 6.07) is 11.2. The number of nitrogens with zero attached hydrogens (tertiary/aromatic N) is 1. The van der Waals surface area contributed by atoms with Crippen LogP contribution in [0.1, 0.15) is 21.6 Å². The summed E-state index contributed by atoms with van der Waals surface area (Å²) in [5, 5.41) is 0. The highest BCUT2D eigenvalue weighted by Gasteiger charge is 2.12. The number of benzene rings is 1. The van der Waals surface area contributed by atoms with E-state index in [0.717, 1.165) is 9.13 Å². The van der Waals surface area contributed by atoms with Crippen molar-refractivity contribution in [1.29, 1.82) is 0 Å². The smallest absolute Gasteiger partial charge is 0.211 e. The summed E-state index contributed by atoms with van der Waals surface area (Å²) in [5.74, 6) is -0.0190. The molecule has 2 nitrogen and oxygen atoms in total. The molecule has 3 heteroatoms. The molecule has 0 bridgehead atoms. The molecular formula is C13H10INO. The van der Waals surface area contributed by atoms with Crippen molar-refractivity contribution < 1.29 is 4.79 Å². The van der Waals surface area contributed by atoms with E-state index in [1.165, 1.54) is 0 Å². The predicted molar refractivity (Wildman–Crippen MR) is 71.6 cm³/mol. The summed E-state index contributed by atoms with van der Waals surface area (Å²) >= 11 is 2.21. The van der Waals surface area contributed by atoms with Gasteiger partial charge in [0.1, 0.15) is 5.69 Å². The van der Waals surface area contributed by atoms with Crippen molar-refractivity contribution >= 4 is 28.4 Å². The highest BCUT2D eigenvalue weighted by atomic mass is 127. The Labute approximate surface area is 108 Å². The van der Waals surface area contributed by atoms with Gasteiger partial charge in [-0.05, 0) is 65.4 Å². The molecule has 0 aliphatic rings. The van der Waals surface area contributed by atoms with Crippen molar-refractivity contribution in [3.8, 4) is 0 Å². The molecule has 0 fully saturated rings. The van der Waals surface area contributed by atoms with Crippen LogP contribution in [0.15, 0.2) is 42.6 Å². The van der Waals surface area contributed by atoms with E-state index >= 15 is 0 Å². The molecule has 0 saturated carbocycles. The SMILES string of the molecule is Cc1cccnc1C(=O)c1ccc(I)cc1. The number of carbonyl (C=O) groups is 1. The lowest BCUT2D eigenvalue weighted by molar-refractivity contribution is 0.103. The second-order valence-corrected chi connectivity index (χ2v) is 4.75. The minimum absolute atomic E-state index is 0.0190. The summed E-state index contributed by atoms with van der Waals surface area (Å²) in [7, 11) is 0. The zero-order valence-corrected chi connectivity index (χ0v) is 10.9. The average molecular weight is 323 g/mol. The maximum atomic E-state index is 12.1. The molecular weight excluding hydrogens is 313 g/mol. The Kier molecular flexibility index (Phi) is 3.33. The molecule has 80 valence electrons. The second kappa shape index (κ2) is 4.74. The average Bonchev–Trinajstić information content (AvgIpc) is 2.30. The molecule has 0 N–H and O–H groups in total. The Morgan fingerprint density at radius 2 is 1.88 bits per heavy atom. The van der Waals surface area contributed by atoms with Crippen molar-refractivity contribution in [2.75, 3.05) is 0 Å².